The van der Waals surface area contributed by atoms with E-state index in [9.17, 15) is 9.18 Å². The summed E-state index contributed by atoms with van der Waals surface area (Å²) in [6, 6.07) is 15.3. The number of hydrogen-bond donors (Lipinski definition) is 0. The minimum absolute atomic E-state index is 0.0277. The summed E-state index contributed by atoms with van der Waals surface area (Å²) in [5.41, 5.74) is 3.67. The lowest BCUT2D eigenvalue weighted by Crippen LogP contribution is -2.41. The van der Waals surface area contributed by atoms with Crippen molar-refractivity contribution >= 4 is 17.7 Å². The van der Waals surface area contributed by atoms with Gasteiger partial charge in [-0.05, 0) is 40.2 Å². The van der Waals surface area contributed by atoms with Crippen molar-refractivity contribution in [2.24, 2.45) is 5.92 Å². The van der Waals surface area contributed by atoms with Crippen molar-refractivity contribution in [3.63, 3.8) is 0 Å². The summed E-state index contributed by atoms with van der Waals surface area (Å²) in [4.78, 5) is 17.5. The van der Waals surface area contributed by atoms with E-state index in [0.717, 1.165) is 31.0 Å². The third-order valence-electron chi connectivity index (χ3n) is 5.57. The molecule has 2 aromatic carbocycles. The molecule has 3 nitrogen and oxygen atoms in total. The van der Waals surface area contributed by atoms with Crippen LogP contribution in [0.4, 0.5) is 4.39 Å². The van der Waals surface area contributed by atoms with Crippen molar-refractivity contribution in [2.75, 3.05) is 25.4 Å². The number of benzene rings is 2. The number of nitrogens with zero attached hydrogens (tertiary/aromatic N) is 2. The van der Waals surface area contributed by atoms with Gasteiger partial charge >= 0.3 is 0 Å². The van der Waals surface area contributed by atoms with Crippen molar-refractivity contribution in [1.82, 2.24) is 9.80 Å². The monoisotopic (exact) mass is 442 g/mol. The van der Waals surface area contributed by atoms with Gasteiger partial charge in [-0.2, -0.15) is 0 Å². The Kier molecular flexibility index (Phi) is 7.82. The van der Waals surface area contributed by atoms with E-state index in [2.05, 4.69) is 63.8 Å². The fraction of sp³-hybridized carbons (Fsp3) is 0.500. The first-order valence-corrected chi connectivity index (χ1v) is 12.2. The molecule has 0 aromatic heterocycles. The summed E-state index contributed by atoms with van der Waals surface area (Å²) in [5, 5.41) is -0.0277. The van der Waals surface area contributed by atoms with E-state index >= 15 is 0 Å². The molecular weight excluding hydrogens is 407 g/mol. The number of thioether (sulfide) groups is 1. The van der Waals surface area contributed by atoms with Crippen molar-refractivity contribution in [2.45, 2.75) is 52.0 Å². The molecule has 168 valence electrons. The molecule has 1 atom stereocenters. The molecule has 0 aliphatic carbocycles. The summed E-state index contributed by atoms with van der Waals surface area (Å²) >= 11 is 1.75. The summed E-state index contributed by atoms with van der Waals surface area (Å²) in [7, 11) is 0. The van der Waals surface area contributed by atoms with Crippen LogP contribution in [0.2, 0.25) is 0 Å². The second-order valence-electron chi connectivity index (χ2n) is 9.87. The summed E-state index contributed by atoms with van der Waals surface area (Å²) in [5.74, 6) is 1.28. The van der Waals surface area contributed by atoms with Gasteiger partial charge in [0.2, 0.25) is 5.91 Å². The minimum Gasteiger partial charge on any atom is -0.325 e. The Labute approximate surface area is 191 Å². The van der Waals surface area contributed by atoms with E-state index in [0.29, 0.717) is 12.5 Å². The molecule has 1 aliphatic rings. The topological polar surface area (TPSA) is 23.6 Å². The molecule has 0 N–H and O–H groups in total. The first-order chi connectivity index (χ1) is 14.6. The summed E-state index contributed by atoms with van der Waals surface area (Å²) < 4.78 is 13.3. The molecule has 0 saturated carbocycles. The van der Waals surface area contributed by atoms with Gasteiger partial charge in [0.1, 0.15) is 11.2 Å². The van der Waals surface area contributed by atoms with Crippen molar-refractivity contribution in [3.05, 3.63) is 71.0 Å². The molecular formula is C26H35FN2OS. The van der Waals surface area contributed by atoms with Crippen LogP contribution in [-0.2, 0) is 16.8 Å². The molecule has 1 saturated heterocycles. The van der Waals surface area contributed by atoms with Crippen LogP contribution in [0.25, 0.3) is 0 Å². The molecule has 31 heavy (non-hydrogen) atoms. The lowest BCUT2D eigenvalue weighted by molar-refractivity contribution is -0.132. The average Bonchev–Trinajstić information content (AvgIpc) is 3.18. The van der Waals surface area contributed by atoms with Crippen LogP contribution in [0.3, 0.4) is 0 Å². The van der Waals surface area contributed by atoms with Gasteiger partial charge in [0.15, 0.2) is 0 Å². The van der Waals surface area contributed by atoms with E-state index in [1.165, 1.54) is 23.3 Å². The molecule has 3 rings (SSSR count). The van der Waals surface area contributed by atoms with Gasteiger partial charge in [-0.1, -0.05) is 71.0 Å². The van der Waals surface area contributed by atoms with Crippen LogP contribution in [0.15, 0.2) is 48.5 Å². The van der Waals surface area contributed by atoms with Gasteiger partial charge in [-0.25, -0.2) is 4.39 Å². The highest BCUT2D eigenvalue weighted by Crippen LogP contribution is 2.38. The zero-order valence-electron chi connectivity index (χ0n) is 19.4. The molecule has 5 heteroatoms. The highest BCUT2D eigenvalue weighted by atomic mass is 32.2. The molecule has 1 amide bonds. The number of halogens is 1. The molecule has 0 bridgehead atoms. The maximum absolute atomic E-state index is 13.3. The van der Waals surface area contributed by atoms with Gasteiger partial charge in [0.05, 0.1) is 6.54 Å². The van der Waals surface area contributed by atoms with Crippen molar-refractivity contribution in [1.29, 1.82) is 0 Å². The number of amides is 1. The molecule has 2 aromatic rings. The minimum atomic E-state index is -0.245. The van der Waals surface area contributed by atoms with Crippen LogP contribution < -0.4 is 0 Å². The molecule has 0 unspecified atom stereocenters. The average molecular weight is 443 g/mol. The van der Waals surface area contributed by atoms with E-state index in [1.807, 2.05) is 4.90 Å². The quantitative estimate of drug-likeness (QED) is 0.537. The van der Waals surface area contributed by atoms with E-state index in [-0.39, 0.29) is 22.5 Å². The third kappa shape index (κ3) is 6.56. The van der Waals surface area contributed by atoms with Crippen LogP contribution in [0, 0.1) is 11.7 Å². The fourth-order valence-electron chi connectivity index (χ4n) is 3.98. The Hall–Kier alpha value is -1.85. The third-order valence-corrected chi connectivity index (χ3v) is 6.84. The number of carbonyl (C=O) groups excluding carboxylic acids is 1. The Morgan fingerprint density at radius 3 is 2.35 bits per heavy atom. The second-order valence-corrected chi connectivity index (χ2v) is 11.1. The fourth-order valence-corrected chi connectivity index (χ4v) is 5.26. The summed E-state index contributed by atoms with van der Waals surface area (Å²) in [6.45, 7) is 13.8. The van der Waals surface area contributed by atoms with Gasteiger partial charge in [0.25, 0.3) is 0 Å². The van der Waals surface area contributed by atoms with Crippen LogP contribution >= 0.6 is 11.8 Å². The maximum Gasteiger partial charge on any atom is 0.237 e. The van der Waals surface area contributed by atoms with Gasteiger partial charge < -0.3 is 4.90 Å². The van der Waals surface area contributed by atoms with Gasteiger partial charge in [-0.3, -0.25) is 9.69 Å². The molecule has 0 spiro atoms. The molecule has 0 radical (unpaired) electrons. The smallest absolute Gasteiger partial charge is 0.237 e. The molecule has 1 heterocycles. The number of rotatable bonds is 7. The standard InChI is InChI=1S/C26H35FN2OS/c1-19(2)16-28(17-20-6-10-22(11-7-20)26(3,4)5)18-24(30)29-14-15-31-25(29)21-8-12-23(27)13-9-21/h6-13,19,25H,14-18H2,1-5H3/t25-/m1/s1. The maximum atomic E-state index is 13.3. The largest absolute Gasteiger partial charge is 0.325 e. The normalized spacial score (nSPS) is 17.0. The predicted octanol–water partition coefficient (Wildman–Crippen LogP) is 5.86. The lowest BCUT2D eigenvalue weighted by Gasteiger charge is -2.29. The van der Waals surface area contributed by atoms with Crippen LogP contribution in [-0.4, -0.2) is 41.1 Å². The van der Waals surface area contributed by atoms with Gasteiger partial charge in [-0.15, -0.1) is 11.8 Å². The zero-order chi connectivity index (χ0) is 22.6. The highest BCUT2D eigenvalue weighted by molar-refractivity contribution is 7.99. The predicted molar refractivity (Wildman–Crippen MR) is 129 cm³/mol. The van der Waals surface area contributed by atoms with E-state index in [4.69, 9.17) is 0 Å². The van der Waals surface area contributed by atoms with Crippen LogP contribution in [0.1, 0.15) is 56.7 Å². The zero-order valence-corrected chi connectivity index (χ0v) is 20.2. The van der Waals surface area contributed by atoms with Crippen molar-refractivity contribution < 1.29 is 9.18 Å². The van der Waals surface area contributed by atoms with E-state index in [1.54, 1.807) is 23.9 Å². The van der Waals surface area contributed by atoms with E-state index < -0.39 is 0 Å². The number of carbonyl (C=O) groups is 1. The van der Waals surface area contributed by atoms with Crippen molar-refractivity contribution in [3.8, 4) is 0 Å². The highest BCUT2D eigenvalue weighted by Gasteiger charge is 2.31. The Morgan fingerprint density at radius 1 is 1.13 bits per heavy atom. The Balaban J connectivity index is 1.69. The Bertz CT molecular complexity index is 858. The lowest BCUT2D eigenvalue weighted by atomic mass is 9.87. The summed E-state index contributed by atoms with van der Waals surface area (Å²) in [6.07, 6.45) is 0. The van der Waals surface area contributed by atoms with Crippen LogP contribution in [0.5, 0.6) is 0 Å². The SMILES string of the molecule is CC(C)CN(CC(=O)N1CCS[C@@H]1c1ccc(F)cc1)Cc1ccc(C(C)(C)C)cc1. The first-order valence-electron chi connectivity index (χ1n) is 11.1. The van der Waals surface area contributed by atoms with Gasteiger partial charge in [0, 0.05) is 25.4 Å². The molecule has 1 fully saturated rings. The Morgan fingerprint density at radius 2 is 1.77 bits per heavy atom. The molecule has 1 aliphatic heterocycles. The second kappa shape index (κ2) is 10.2. The number of hydrogen-bond acceptors (Lipinski definition) is 3. The first kappa shape index (κ1) is 23.8.